The molecule has 1 aromatic heterocycles. The van der Waals surface area contributed by atoms with Gasteiger partial charge >= 0.3 is 5.97 Å². The van der Waals surface area contributed by atoms with Crippen molar-refractivity contribution in [1.29, 1.82) is 0 Å². The number of halogens is 1. The Kier molecular flexibility index (Phi) is 7.75. The van der Waals surface area contributed by atoms with Crippen molar-refractivity contribution in [2.75, 3.05) is 12.4 Å². The van der Waals surface area contributed by atoms with Gasteiger partial charge in [0, 0.05) is 16.0 Å². The van der Waals surface area contributed by atoms with E-state index in [1.165, 1.54) is 29.4 Å². The van der Waals surface area contributed by atoms with Gasteiger partial charge < -0.3 is 10.1 Å². The second-order valence-corrected chi connectivity index (χ2v) is 10.7. The number of rotatable bonds is 4. The number of thiophene rings is 1. The molecule has 0 fully saturated rings. The van der Waals surface area contributed by atoms with E-state index in [9.17, 15) is 9.59 Å². The van der Waals surface area contributed by atoms with Crippen molar-refractivity contribution < 1.29 is 14.3 Å². The lowest BCUT2D eigenvalue weighted by Crippen LogP contribution is -2.33. The van der Waals surface area contributed by atoms with E-state index in [-0.39, 0.29) is 10.5 Å². The summed E-state index contributed by atoms with van der Waals surface area (Å²) in [5.41, 5.74) is 2.47. The van der Waals surface area contributed by atoms with Gasteiger partial charge in [0.1, 0.15) is 5.00 Å². The highest BCUT2D eigenvalue weighted by Crippen LogP contribution is 2.44. The lowest BCUT2D eigenvalue weighted by molar-refractivity contribution is -0.115. The van der Waals surface area contributed by atoms with Crippen molar-refractivity contribution in [1.82, 2.24) is 5.32 Å². The maximum atomic E-state index is 12.5. The lowest BCUT2D eigenvalue weighted by Gasteiger charge is -2.33. The minimum absolute atomic E-state index is 0.120. The van der Waals surface area contributed by atoms with E-state index in [1.54, 1.807) is 12.1 Å². The molecule has 1 aliphatic rings. The molecule has 0 spiro atoms. The number of carbonyl (C=O) groups is 2. The molecular formula is C24H27ClN2O3S2. The first-order valence-corrected chi connectivity index (χ1v) is 12.0. The summed E-state index contributed by atoms with van der Waals surface area (Å²) >= 11 is 12.9. The topological polar surface area (TPSA) is 67.4 Å². The molecule has 0 bridgehead atoms. The average molecular weight is 491 g/mol. The average Bonchev–Trinajstić information content (AvgIpc) is 3.08. The Hall–Kier alpha value is -2.22. The molecule has 32 heavy (non-hydrogen) atoms. The van der Waals surface area contributed by atoms with Crippen molar-refractivity contribution in [2.24, 2.45) is 11.3 Å². The van der Waals surface area contributed by atoms with Crippen LogP contribution in [0.3, 0.4) is 0 Å². The SMILES string of the molecule is COC(=O)c1c(NC(=S)NC(=O)/C=C/c2ccccc2Cl)sc2c1CCC(C(C)(C)C)C2. The predicted molar refractivity (Wildman–Crippen MR) is 135 cm³/mol. The standard InChI is InChI=1S/C24H27ClN2O3S2/c1-24(2,3)15-10-11-16-18(13-15)32-21(20(16)22(29)30-4)27-23(31)26-19(28)12-9-14-7-5-6-8-17(14)25/h5-9,12,15H,10-11,13H2,1-4H3,(H2,26,27,28,31)/b12-9+. The summed E-state index contributed by atoms with van der Waals surface area (Å²) in [4.78, 5) is 26.0. The largest absolute Gasteiger partial charge is 0.465 e. The first kappa shape index (κ1) is 24.4. The second-order valence-electron chi connectivity index (χ2n) is 8.80. The highest BCUT2D eigenvalue weighted by molar-refractivity contribution is 7.80. The van der Waals surface area contributed by atoms with Crippen LogP contribution in [0.4, 0.5) is 5.00 Å². The molecule has 2 aromatic rings. The Bertz CT molecular complexity index is 1070. The van der Waals surface area contributed by atoms with E-state index in [2.05, 4.69) is 31.4 Å². The van der Waals surface area contributed by atoms with Gasteiger partial charge in [-0.3, -0.25) is 10.1 Å². The van der Waals surface area contributed by atoms with Crippen LogP contribution >= 0.6 is 35.2 Å². The molecule has 0 saturated carbocycles. The molecule has 1 heterocycles. The molecule has 5 nitrogen and oxygen atoms in total. The lowest BCUT2D eigenvalue weighted by atomic mass is 9.72. The summed E-state index contributed by atoms with van der Waals surface area (Å²) in [6, 6.07) is 7.23. The molecular weight excluding hydrogens is 464 g/mol. The quantitative estimate of drug-likeness (QED) is 0.319. The fourth-order valence-corrected chi connectivity index (χ4v) is 5.58. The van der Waals surface area contributed by atoms with E-state index >= 15 is 0 Å². The van der Waals surface area contributed by atoms with Gasteiger partial charge in [0.15, 0.2) is 5.11 Å². The number of amides is 1. The Morgan fingerprint density at radius 3 is 2.66 bits per heavy atom. The molecule has 170 valence electrons. The fraction of sp³-hybridized carbons (Fsp3) is 0.375. The first-order chi connectivity index (χ1) is 15.1. The normalized spacial score (nSPS) is 15.8. The molecule has 0 aliphatic heterocycles. The molecule has 1 unspecified atom stereocenters. The summed E-state index contributed by atoms with van der Waals surface area (Å²) in [6.07, 6.45) is 5.74. The van der Waals surface area contributed by atoms with Gasteiger partial charge in [0.25, 0.3) is 0 Å². The number of ether oxygens (including phenoxy) is 1. The Labute approximate surface area is 203 Å². The van der Waals surface area contributed by atoms with Gasteiger partial charge in [-0.05, 0) is 66.1 Å². The van der Waals surface area contributed by atoms with Crippen molar-refractivity contribution >= 4 is 63.2 Å². The fourth-order valence-electron chi connectivity index (χ4n) is 3.79. The summed E-state index contributed by atoms with van der Waals surface area (Å²) in [6.45, 7) is 6.74. The van der Waals surface area contributed by atoms with E-state index < -0.39 is 11.9 Å². The van der Waals surface area contributed by atoms with Crippen LogP contribution in [0.15, 0.2) is 30.3 Å². The van der Waals surface area contributed by atoms with Gasteiger partial charge in [0.05, 0.1) is 12.7 Å². The number of methoxy groups -OCH3 is 1. The summed E-state index contributed by atoms with van der Waals surface area (Å²) in [7, 11) is 1.37. The van der Waals surface area contributed by atoms with Gasteiger partial charge in [-0.1, -0.05) is 50.6 Å². The number of anilines is 1. The molecule has 3 rings (SSSR count). The Balaban J connectivity index is 1.74. The Morgan fingerprint density at radius 1 is 1.28 bits per heavy atom. The number of hydrogen-bond donors (Lipinski definition) is 2. The molecule has 2 N–H and O–H groups in total. The number of thiocarbonyl (C=S) groups is 1. The third-order valence-corrected chi connectivity index (χ3v) is 7.38. The maximum absolute atomic E-state index is 12.5. The zero-order chi connectivity index (χ0) is 23.5. The molecule has 1 amide bonds. The van der Waals surface area contributed by atoms with Crippen molar-refractivity contribution in [3.05, 3.63) is 56.9 Å². The molecule has 0 saturated heterocycles. The van der Waals surface area contributed by atoms with Crippen LogP contribution in [-0.2, 0) is 22.4 Å². The molecule has 1 aliphatic carbocycles. The summed E-state index contributed by atoms with van der Waals surface area (Å²) in [5.74, 6) is -0.253. The first-order valence-electron chi connectivity index (χ1n) is 10.4. The zero-order valence-electron chi connectivity index (χ0n) is 18.6. The van der Waals surface area contributed by atoms with Gasteiger partial charge in [-0.2, -0.15) is 0 Å². The monoisotopic (exact) mass is 490 g/mol. The van der Waals surface area contributed by atoms with Crippen LogP contribution in [0.5, 0.6) is 0 Å². The third kappa shape index (κ3) is 5.77. The number of benzene rings is 1. The van der Waals surface area contributed by atoms with Gasteiger partial charge in [0.2, 0.25) is 5.91 Å². The highest BCUT2D eigenvalue weighted by atomic mass is 35.5. The van der Waals surface area contributed by atoms with E-state index in [1.807, 2.05) is 18.2 Å². The Morgan fingerprint density at radius 2 is 2.00 bits per heavy atom. The van der Waals surface area contributed by atoms with Crippen LogP contribution in [0.2, 0.25) is 5.02 Å². The van der Waals surface area contributed by atoms with Crippen LogP contribution < -0.4 is 10.6 Å². The van der Waals surface area contributed by atoms with E-state index in [0.717, 1.165) is 30.4 Å². The summed E-state index contributed by atoms with van der Waals surface area (Å²) < 4.78 is 5.03. The third-order valence-electron chi connectivity index (χ3n) is 5.66. The molecule has 8 heteroatoms. The van der Waals surface area contributed by atoms with Crippen molar-refractivity contribution in [3.8, 4) is 0 Å². The molecule has 1 aromatic carbocycles. The predicted octanol–water partition coefficient (Wildman–Crippen LogP) is 5.87. The summed E-state index contributed by atoms with van der Waals surface area (Å²) in [5, 5.41) is 6.94. The minimum atomic E-state index is -0.396. The van der Waals surface area contributed by atoms with Gasteiger partial charge in [-0.15, -0.1) is 11.3 Å². The van der Waals surface area contributed by atoms with Gasteiger partial charge in [-0.25, -0.2) is 4.79 Å². The molecule has 0 radical (unpaired) electrons. The van der Waals surface area contributed by atoms with Crippen molar-refractivity contribution in [3.63, 3.8) is 0 Å². The number of fused-ring (bicyclic) bond motifs is 1. The molecule has 1 atom stereocenters. The number of carbonyl (C=O) groups excluding carboxylic acids is 2. The smallest absolute Gasteiger partial charge is 0.341 e. The van der Waals surface area contributed by atoms with Crippen LogP contribution in [0.25, 0.3) is 6.08 Å². The number of esters is 1. The maximum Gasteiger partial charge on any atom is 0.341 e. The van der Waals surface area contributed by atoms with Crippen molar-refractivity contribution in [2.45, 2.75) is 40.0 Å². The van der Waals surface area contributed by atoms with Crippen LogP contribution in [-0.4, -0.2) is 24.1 Å². The second kappa shape index (κ2) is 10.1. The van der Waals surface area contributed by atoms with Crippen LogP contribution in [0, 0.1) is 11.3 Å². The number of hydrogen-bond acceptors (Lipinski definition) is 5. The van der Waals surface area contributed by atoms with E-state index in [0.29, 0.717) is 21.5 Å². The zero-order valence-corrected chi connectivity index (χ0v) is 21.0. The minimum Gasteiger partial charge on any atom is -0.465 e. The number of nitrogens with one attached hydrogen (secondary N) is 2. The highest BCUT2D eigenvalue weighted by Gasteiger charge is 2.34. The van der Waals surface area contributed by atoms with Crippen LogP contribution in [0.1, 0.15) is 53.6 Å². The van der Waals surface area contributed by atoms with E-state index in [4.69, 9.17) is 28.6 Å².